The van der Waals surface area contributed by atoms with E-state index in [1.165, 1.54) is 18.2 Å². The normalized spacial score (nSPS) is 12.8. The van der Waals surface area contributed by atoms with Crippen molar-refractivity contribution in [1.29, 1.82) is 0 Å². The fourth-order valence-corrected chi connectivity index (χ4v) is 3.77. The summed E-state index contributed by atoms with van der Waals surface area (Å²) in [5.74, 6) is -1.17. The molecule has 0 bridgehead atoms. The van der Waals surface area contributed by atoms with Crippen molar-refractivity contribution >= 4 is 21.7 Å². The summed E-state index contributed by atoms with van der Waals surface area (Å²) in [6.07, 6.45) is 2.26. The standard InChI is InChI=1S/C16H26N2O5S/c1-4-6-12(2)18-24(21,22)15-11-13(16(19)20)7-8-14(15)17-9-5-10-23-3/h7-8,11-12,17-18H,4-6,9-10H2,1-3H3,(H,19,20). The molecule has 24 heavy (non-hydrogen) atoms. The molecule has 0 fully saturated rings. The third kappa shape index (κ3) is 6.10. The molecule has 0 aliphatic rings. The second kappa shape index (κ2) is 9.61. The number of methoxy groups -OCH3 is 1. The van der Waals surface area contributed by atoms with E-state index in [2.05, 4.69) is 10.0 Å². The van der Waals surface area contributed by atoms with Crippen LogP contribution < -0.4 is 10.0 Å². The number of benzene rings is 1. The lowest BCUT2D eigenvalue weighted by molar-refractivity contribution is 0.0696. The highest BCUT2D eigenvalue weighted by Gasteiger charge is 2.22. The van der Waals surface area contributed by atoms with E-state index < -0.39 is 16.0 Å². The molecule has 8 heteroatoms. The molecular weight excluding hydrogens is 332 g/mol. The van der Waals surface area contributed by atoms with Gasteiger partial charge in [0, 0.05) is 26.3 Å². The molecule has 0 radical (unpaired) electrons. The first-order valence-electron chi connectivity index (χ1n) is 7.94. The smallest absolute Gasteiger partial charge is 0.335 e. The first-order valence-corrected chi connectivity index (χ1v) is 9.42. The molecule has 0 aliphatic heterocycles. The third-order valence-corrected chi connectivity index (χ3v) is 5.07. The van der Waals surface area contributed by atoms with Crippen LogP contribution in [0.3, 0.4) is 0 Å². The van der Waals surface area contributed by atoms with Gasteiger partial charge in [-0.15, -0.1) is 0 Å². The predicted molar refractivity (Wildman–Crippen MR) is 93.1 cm³/mol. The highest BCUT2D eigenvalue weighted by atomic mass is 32.2. The Balaban J connectivity index is 3.10. The first kappa shape index (κ1) is 20.4. The minimum atomic E-state index is -3.82. The van der Waals surface area contributed by atoms with Crippen molar-refractivity contribution in [2.75, 3.05) is 25.6 Å². The Labute approximate surface area is 143 Å². The maximum absolute atomic E-state index is 12.6. The first-order chi connectivity index (χ1) is 11.3. The van der Waals surface area contributed by atoms with Crippen LogP contribution in [0.2, 0.25) is 0 Å². The summed E-state index contributed by atoms with van der Waals surface area (Å²) in [7, 11) is -2.22. The Morgan fingerprint density at radius 1 is 1.38 bits per heavy atom. The van der Waals surface area contributed by atoms with Gasteiger partial charge in [-0.25, -0.2) is 17.9 Å². The Bertz CT molecular complexity index is 646. The molecule has 0 spiro atoms. The van der Waals surface area contributed by atoms with Gasteiger partial charge in [-0.1, -0.05) is 13.3 Å². The van der Waals surface area contributed by atoms with Crippen LogP contribution in [0.5, 0.6) is 0 Å². The number of hydrogen-bond acceptors (Lipinski definition) is 5. The van der Waals surface area contributed by atoms with E-state index in [4.69, 9.17) is 9.84 Å². The van der Waals surface area contributed by atoms with Gasteiger partial charge in [0.05, 0.1) is 11.3 Å². The molecule has 0 aromatic heterocycles. The highest BCUT2D eigenvalue weighted by molar-refractivity contribution is 7.89. The SMILES string of the molecule is CCCC(C)NS(=O)(=O)c1cc(C(=O)O)ccc1NCCCOC. The summed E-state index contributed by atoms with van der Waals surface area (Å²) < 4.78 is 32.8. The van der Waals surface area contributed by atoms with Crippen molar-refractivity contribution in [2.45, 2.75) is 44.0 Å². The van der Waals surface area contributed by atoms with Crippen LogP contribution in [0.1, 0.15) is 43.5 Å². The van der Waals surface area contributed by atoms with Gasteiger partial charge in [0.2, 0.25) is 10.0 Å². The topological polar surface area (TPSA) is 105 Å². The fraction of sp³-hybridized carbons (Fsp3) is 0.562. The van der Waals surface area contributed by atoms with Crippen molar-refractivity contribution in [3.63, 3.8) is 0 Å². The van der Waals surface area contributed by atoms with Crippen LogP contribution >= 0.6 is 0 Å². The number of carboxylic acid groups (broad SMARTS) is 1. The van der Waals surface area contributed by atoms with E-state index in [0.717, 1.165) is 6.42 Å². The van der Waals surface area contributed by atoms with Gasteiger partial charge in [-0.2, -0.15) is 0 Å². The summed E-state index contributed by atoms with van der Waals surface area (Å²) in [5.41, 5.74) is 0.313. The fourth-order valence-electron chi connectivity index (χ4n) is 2.28. The molecule has 1 atom stereocenters. The zero-order chi connectivity index (χ0) is 18.2. The van der Waals surface area contributed by atoms with Crippen molar-refractivity contribution < 1.29 is 23.1 Å². The number of carboxylic acids is 1. The van der Waals surface area contributed by atoms with Crippen LogP contribution in [0.4, 0.5) is 5.69 Å². The van der Waals surface area contributed by atoms with Gasteiger partial charge in [-0.05, 0) is 38.0 Å². The quantitative estimate of drug-likeness (QED) is 0.524. The van der Waals surface area contributed by atoms with Crippen molar-refractivity contribution in [2.24, 2.45) is 0 Å². The lowest BCUT2D eigenvalue weighted by Gasteiger charge is -2.17. The van der Waals surface area contributed by atoms with Crippen molar-refractivity contribution in [3.8, 4) is 0 Å². The molecule has 7 nitrogen and oxygen atoms in total. The molecule has 3 N–H and O–H groups in total. The minimum absolute atomic E-state index is 0.0530. The summed E-state index contributed by atoms with van der Waals surface area (Å²) in [6, 6.07) is 3.82. The van der Waals surface area contributed by atoms with E-state index in [1.54, 1.807) is 14.0 Å². The molecular formula is C16H26N2O5S. The molecule has 0 saturated carbocycles. The van der Waals surface area contributed by atoms with Crippen LogP contribution in [0.15, 0.2) is 23.1 Å². The summed E-state index contributed by atoms with van der Waals surface area (Å²) in [4.78, 5) is 11.1. The molecule has 1 aromatic rings. The lowest BCUT2D eigenvalue weighted by atomic mass is 10.2. The number of aromatic carboxylic acids is 1. The number of ether oxygens (including phenoxy) is 1. The van der Waals surface area contributed by atoms with Crippen molar-refractivity contribution in [3.05, 3.63) is 23.8 Å². The summed E-state index contributed by atoms with van der Waals surface area (Å²) >= 11 is 0. The molecule has 0 saturated heterocycles. The Kier molecular flexibility index (Phi) is 8.17. The number of sulfonamides is 1. The van der Waals surface area contributed by atoms with E-state index in [9.17, 15) is 13.2 Å². The third-order valence-electron chi connectivity index (χ3n) is 3.44. The van der Waals surface area contributed by atoms with Gasteiger partial charge in [0.15, 0.2) is 0 Å². The number of anilines is 1. The van der Waals surface area contributed by atoms with Crippen LogP contribution in [0.25, 0.3) is 0 Å². The summed E-state index contributed by atoms with van der Waals surface area (Å²) in [5, 5.41) is 12.2. The molecule has 1 aromatic carbocycles. The second-order valence-corrected chi connectivity index (χ2v) is 7.28. The Morgan fingerprint density at radius 2 is 2.08 bits per heavy atom. The predicted octanol–water partition coefficient (Wildman–Crippen LogP) is 2.30. The number of rotatable bonds is 11. The lowest BCUT2D eigenvalue weighted by Crippen LogP contribution is -2.33. The minimum Gasteiger partial charge on any atom is -0.478 e. The number of nitrogens with one attached hydrogen (secondary N) is 2. The largest absolute Gasteiger partial charge is 0.478 e. The zero-order valence-electron chi connectivity index (χ0n) is 14.3. The van der Waals surface area contributed by atoms with Gasteiger partial charge < -0.3 is 15.2 Å². The van der Waals surface area contributed by atoms with E-state index >= 15 is 0 Å². The van der Waals surface area contributed by atoms with E-state index in [1.807, 2.05) is 6.92 Å². The van der Waals surface area contributed by atoms with Crippen LogP contribution in [0, 0.1) is 0 Å². The zero-order valence-corrected chi connectivity index (χ0v) is 15.1. The van der Waals surface area contributed by atoms with Gasteiger partial charge in [-0.3, -0.25) is 0 Å². The monoisotopic (exact) mass is 358 g/mol. The Hall–Kier alpha value is -1.64. The van der Waals surface area contributed by atoms with Gasteiger partial charge >= 0.3 is 5.97 Å². The van der Waals surface area contributed by atoms with Gasteiger partial charge in [0.25, 0.3) is 0 Å². The number of carbonyl (C=O) groups is 1. The van der Waals surface area contributed by atoms with Crippen molar-refractivity contribution in [1.82, 2.24) is 4.72 Å². The molecule has 0 amide bonds. The van der Waals surface area contributed by atoms with Gasteiger partial charge in [0.1, 0.15) is 4.90 Å². The average molecular weight is 358 g/mol. The molecule has 1 rings (SSSR count). The van der Waals surface area contributed by atoms with E-state index in [-0.39, 0.29) is 16.5 Å². The summed E-state index contributed by atoms with van der Waals surface area (Å²) in [6.45, 7) is 4.83. The second-order valence-electron chi connectivity index (χ2n) is 5.60. The van der Waals surface area contributed by atoms with Crippen LogP contribution in [-0.4, -0.2) is 45.8 Å². The average Bonchev–Trinajstić information content (AvgIpc) is 2.51. The maximum Gasteiger partial charge on any atom is 0.335 e. The Morgan fingerprint density at radius 3 is 2.67 bits per heavy atom. The molecule has 136 valence electrons. The number of hydrogen-bond donors (Lipinski definition) is 3. The van der Waals surface area contributed by atoms with Crippen LogP contribution in [-0.2, 0) is 14.8 Å². The molecule has 0 heterocycles. The molecule has 0 aliphatic carbocycles. The molecule has 1 unspecified atom stereocenters. The highest BCUT2D eigenvalue weighted by Crippen LogP contribution is 2.23. The van der Waals surface area contributed by atoms with E-state index in [0.29, 0.717) is 31.7 Å². The maximum atomic E-state index is 12.6.